The van der Waals surface area contributed by atoms with Gasteiger partial charge >= 0.3 is 5.97 Å². The highest BCUT2D eigenvalue weighted by atomic mass is 16.7. The van der Waals surface area contributed by atoms with Crippen LogP contribution >= 0.6 is 0 Å². The van der Waals surface area contributed by atoms with Crippen LogP contribution in [-0.4, -0.2) is 93.2 Å². The molecule has 13 heteroatoms. The first-order valence-electron chi connectivity index (χ1n) is 9.80. The van der Waals surface area contributed by atoms with Crippen LogP contribution in [0.3, 0.4) is 0 Å². The van der Waals surface area contributed by atoms with Gasteiger partial charge in [0.1, 0.15) is 36.8 Å². The maximum atomic E-state index is 12.2. The van der Waals surface area contributed by atoms with Gasteiger partial charge in [0.15, 0.2) is 28.7 Å². The van der Waals surface area contributed by atoms with Crippen LogP contribution in [-0.2, 0) is 9.47 Å². The van der Waals surface area contributed by atoms with Crippen molar-refractivity contribution in [2.75, 3.05) is 20.8 Å². The summed E-state index contributed by atoms with van der Waals surface area (Å²) in [6.07, 6.45) is -8.02. The Labute approximate surface area is 192 Å². The number of esters is 1. The first-order chi connectivity index (χ1) is 16.1. The van der Waals surface area contributed by atoms with E-state index in [2.05, 4.69) is 0 Å². The normalized spacial score (nSPS) is 24.3. The van der Waals surface area contributed by atoms with Gasteiger partial charge in [-0.3, -0.25) is 0 Å². The largest absolute Gasteiger partial charge is 0.504 e. The summed E-state index contributed by atoms with van der Waals surface area (Å²) in [4.78, 5) is 12.2. The summed E-state index contributed by atoms with van der Waals surface area (Å²) in [7, 11) is 2.59. The van der Waals surface area contributed by atoms with E-state index < -0.39 is 60.5 Å². The monoisotopic (exact) mass is 484 g/mol. The smallest absolute Gasteiger partial charge is 0.338 e. The molecule has 5 atom stereocenters. The van der Waals surface area contributed by atoms with Crippen LogP contribution in [0.25, 0.3) is 0 Å². The molecule has 1 saturated heterocycles. The third-order valence-corrected chi connectivity index (χ3v) is 5.06. The fraction of sp³-hybridized carbons (Fsp3) is 0.381. The number of aliphatic hydroxyl groups is 3. The molecule has 34 heavy (non-hydrogen) atoms. The summed E-state index contributed by atoms with van der Waals surface area (Å²) in [5, 5.41) is 69.1. The average molecular weight is 484 g/mol. The van der Waals surface area contributed by atoms with Crippen LogP contribution in [0.2, 0.25) is 0 Å². The Kier molecular flexibility index (Phi) is 7.41. The number of carbonyl (C=O) groups excluding carboxylic acids is 1. The number of benzene rings is 2. The third kappa shape index (κ3) is 4.97. The standard InChI is InChI=1S/C21H24O13/c1-30-12-5-9(6-13(31-2)16(12)25)33-21-19(28)18(27)17(26)14(34-21)7-32-20(29)8-3-10(22)15(24)11(23)4-8/h3-6,14,17-19,21-28H,7H2,1-2H3. The van der Waals surface area contributed by atoms with E-state index in [1.54, 1.807) is 0 Å². The maximum absolute atomic E-state index is 12.2. The van der Waals surface area contributed by atoms with E-state index in [1.807, 2.05) is 0 Å². The lowest BCUT2D eigenvalue weighted by atomic mass is 9.99. The molecule has 1 heterocycles. The number of hydrogen-bond acceptors (Lipinski definition) is 13. The number of aliphatic hydroxyl groups excluding tert-OH is 3. The molecule has 1 aliphatic heterocycles. The summed E-state index contributed by atoms with van der Waals surface area (Å²) in [6, 6.07) is 4.24. The Hall–Kier alpha value is -3.65. The molecule has 186 valence electrons. The number of aromatic hydroxyl groups is 4. The summed E-state index contributed by atoms with van der Waals surface area (Å²) >= 11 is 0. The predicted octanol–water partition coefficient (Wildman–Crippen LogP) is -0.430. The number of ether oxygens (including phenoxy) is 5. The summed E-state index contributed by atoms with van der Waals surface area (Å²) in [5.41, 5.74) is -0.310. The van der Waals surface area contributed by atoms with Crippen molar-refractivity contribution in [3.05, 3.63) is 29.8 Å². The Morgan fingerprint density at radius 3 is 1.94 bits per heavy atom. The van der Waals surface area contributed by atoms with Crippen LogP contribution < -0.4 is 14.2 Å². The zero-order chi connectivity index (χ0) is 25.2. The molecule has 0 amide bonds. The van der Waals surface area contributed by atoms with Crippen molar-refractivity contribution in [1.82, 2.24) is 0 Å². The van der Waals surface area contributed by atoms with E-state index in [1.165, 1.54) is 26.4 Å². The van der Waals surface area contributed by atoms with Gasteiger partial charge in [0, 0.05) is 12.1 Å². The van der Waals surface area contributed by atoms with Gasteiger partial charge in [-0.1, -0.05) is 0 Å². The van der Waals surface area contributed by atoms with Crippen molar-refractivity contribution < 1.29 is 64.2 Å². The summed E-state index contributed by atoms with van der Waals surface area (Å²) in [5.74, 6) is -3.67. The van der Waals surface area contributed by atoms with Gasteiger partial charge < -0.3 is 59.4 Å². The fourth-order valence-electron chi connectivity index (χ4n) is 3.19. The Bertz CT molecular complexity index is 991. The van der Waals surface area contributed by atoms with Crippen molar-refractivity contribution in [2.24, 2.45) is 0 Å². The molecule has 0 radical (unpaired) electrons. The molecular weight excluding hydrogens is 460 g/mol. The predicted molar refractivity (Wildman–Crippen MR) is 110 cm³/mol. The van der Waals surface area contributed by atoms with Crippen molar-refractivity contribution in [3.63, 3.8) is 0 Å². The molecule has 2 aromatic rings. The zero-order valence-electron chi connectivity index (χ0n) is 18.0. The second kappa shape index (κ2) is 10.1. The molecule has 1 fully saturated rings. The topological polar surface area (TPSA) is 205 Å². The molecule has 13 nitrogen and oxygen atoms in total. The van der Waals surface area contributed by atoms with Crippen molar-refractivity contribution in [3.8, 4) is 40.2 Å². The van der Waals surface area contributed by atoms with E-state index >= 15 is 0 Å². The molecule has 0 spiro atoms. The summed E-state index contributed by atoms with van der Waals surface area (Å²) < 4.78 is 26.1. The lowest BCUT2D eigenvalue weighted by molar-refractivity contribution is -0.277. The molecular formula is C21H24O13. The minimum Gasteiger partial charge on any atom is -0.504 e. The van der Waals surface area contributed by atoms with Crippen molar-refractivity contribution in [2.45, 2.75) is 30.7 Å². The first-order valence-corrected chi connectivity index (χ1v) is 9.80. The van der Waals surface area contributed by atoms with Crippen molar-refractivity contribution in [1.29, 1.82) is 0 Å². The number of hydrogen-bond donors (Lipinski definition) is 7. The molecule has 1 aliphatic rings. The number of carbonyl (C=O) groups is 1. The number of methoxy groups -OCH3 is 2. The van der Waals surface area contributed by atoms with Crippen LogP contribution in [0.5, 0.6) is 40.2 Å². The van der Waals surface area contributed by atoms with Gasteiger partial charge in [-0.2, -0.15) is 0 Å². The van der Waals surface area contributed by atoms with E-state index in [-0.39, 0.29) is 28.6 Å². The van der Waals surface area contributed by atoms with Gasteiger partial charge in [-0.15, -0.1) is 0 Å². The molecule has 0 aliphatic carbocycles. The molecule has 5 unspecified atom stereocenters. The Morgan fingerprint density at radius 2 is 1.41 bits per heavy atom. The first kappa shape index (κ1) is 25.0. The Balaban J connectivity index is 1.73. The highest BCUT2D eigenvalue weighted by molar-refractivity contribution is 5.91. The average Bonchev–Trinajstić information content (AvgIpc) is 2.82. The minimum absolute atomic E-state index is 0.00823. The SMILES string of the molecule is COc1cc(OC2OC(COC(=O)c3cc(O)c(O)c(O)c3)C(O)C(O)C2O)cc(OC)c1O. The second-order valence-corrected chi connectivity index (χ2v) is 7.27. The minimum atomic E-state index is -1.75. The van der Waals surface area contributed by atoms with Gasteiger partial charge in [-0.25, -0.2) is 4.79 Å². The Morgan fingerprint density at radius 1 is 0.853 bits per heavy atom. The molecule has 2 aromatic carbocycles. The highest BCUT2D eigenvalue weighted by Gasteiger charge is 2.45. The van der Waals surface area contributed by atoms with Gasteiger partial charge in [0.2, 0.25) is 12.0 Å². The van der Waals surface area contributed by atoms with Crippen molar-refractivity contribution >= 4 is 5.97 Å². The molecule has 7 N–H and O–H groups in total. The lowest BCUT2D eigenvalue weighted by Gasteiger charge is -2.39. The molecule has 0 bridgehead atoms. The molecule has 3 rings (SSSR count). The summed E-state index contributed by atoms with van der Waals surface area (Å²) in [6.45, 7) is -0.617. The van der Waals surface area contributed by atoms with Crippen LogP contribution in [0, 0.1) is 0 Å². The van der Waals surface area contributed by atoms with Crippen LogP contribution in [0.1, 0.15) is 10.4 Å². The van der Waals surface area contributed by atoms with Gasteiger partial charge in [0.05, 0.1) is 19.8 Å². The van der Waals surface area contributed by atoms with E-state index in [4.69, 9.17) is 23.7 Å². The third-order valence-electron chi connectivity index (χ3n) is 5.06. The molecule has 0 saturated carbocycles. The van der Waals surface area contributed by atoms with Crippen LogP contribution in [0.15, 0.2) is 24.3 Å². The number of phenols is 4. The quantitative estimate of drug-likeness (QED) is 0.197. The second-order valence-electron chi connectivity index (χ2n) is 7.27. The number of phenolic OH excluding ortho intramolecular Hbond substituents is 4. The van der Waals surface area contributed by atoms with E-state index in [0.717, 1.165) is 12.1 Å². The lowest BCUT2D eigenvalue weighted by Crippen LogP contribution is -2.60. The van der Waals surface area contributed by atoms with Crippen LogP contribution in [0.4, 0.5) is 0 Å². The maximum Gasteiger partial charge on any atom is 0.338 e. The zero-order valence-corrected chi connectivity index (χ0v) is 18.0. The number of rotatable bonds is 7. The van der Waals surface area contributed by atoms with E-state index in [0.29, 0.717) is 0 Å². The fourth-order valence-corrected chi connectivity index (χ4v) is 3.19. The molecule has 0 aromatic heterocycles. The highest BCUT2D eigenvalue weighted by Crippen LogP contribution is 2.41. The van der Waals surface area contributed by atoms with Gasteiger partial charge in [0.25, 0.3) is 0 Å². The van der Waals surface area contributed by atoms with Gasteiger partial charge in [-0.05, 0) is 12.1 Å². The van der Waals surface area contributed by atoms with E-state index in [9.17, 15) is 40.5 Å².